The number of carbonyl (C=O) groups excluding carboxylic acids is 1. The summed E-state index contributed by atoms with van der Waals surface area (Å²) in [6.45, 7) is 3.19. The van der Waals surface area contributed by atoms with Crippen LogP contribution in [0.4, 0.5) is 0 Å². The Morgan fingerprint density at radius 3 is 2.33 bits per heavy atom. The van der Waals surface area contributed by atoms with E-state index in [2.05, 4.69) is 0 Å². The third-order valence-corrected chi connectivity index (χ3v) is 2.34. The van der Waals surface area contributed by atoms with Gasteiger partial charge in [0.2, 0.25) is 0 Å². The Morgan fingerprint density at radius 1 is 1.42 bits per heavy atom. The Hall–Kier alpha value is -0.450. The van der Waals surface area contributed by atoms with Crippen LogP contribution in [0.25, 0.3) is 0 Å². The van der Waals surface area contributed by atoms with Gasteiger partial charge in [0.15, 0.2) is 17.7 Å². The molecule has 0 spiro atoms. The molecule has 0 radical (unpaired) electrons. The molecule has 1 fully saturated rings. The van der Waals surface area contributed by atoms with E-state index in [4.69, 9.17) is 14.2 Å². The Balaban J connectivity index is 2.67. The molecule has 0 aromatic carbocycles. The van der Waals surface area contributed by atoms with Crippen molar-refractivity contribution < 1.29 is 19.0 Å². The van der Waals surface area contributed by atoms with Crippen LogP contribution in [0.5, 0.6) is 0 Å². The van der Waals surface area contributed by atoms with Crippen LogP contribution in [0, 0.1) is 0 Å². The van der Waals surface area contributed by atoms with Crippen molar-refractivity contribution in [3.63, 3.8) is 0 Å². The predicted molar refractivity (Wildman–Crippen MR) is 41.8 cm³/mol. The number of hydrogen-bond donors (Lipinski definition) is 0. The standard InChI is InChI=1S/C8H14O4/c1-5(9)8(2)6(10-3)7(11-4)12-8/h6-7H,1-4H3/t6-,7+,8?/m1/s1. The Labute approximate surface area is 71.8 Å². The summed E-state index contributed by atoms with van der Waals surface area (Å²) in [5.74, 6) is -0.0392. The molecule has 0 aromatic rings. The van der Waals surface area contributed by atoms with E-state index in [0.717, 1.165) is 0 Å². The fourth-order valence-electron chi connectivity index (χ4n) is 1.35. The maximum absolute atomic E-state index is 11.1. The predicted octanol–water partition coefficient (Wildman–Crippen LogP) is 0.352. The molecule has 12 heavy (non-hydrogen) atoms. The largest absolute Gasteiger partial charge is 0.373 e. The normalized spacial score (nSPS) is 40.7. The lowest BCUT2D eigenvalue weighted by atomic mass is 9.88. The molecule has 1 rings (SSSR count). The van der Waals surface area contributed by atoms with Crippen LogP contribution in [0.15, 0.2) is 0 Å². The monoisotopic (exact) mass is 174 g/mol. The van der Waals surface area contributed by atoms with Gasteiger partial charge in [0.1, 0.15) is 6.10 Å². The van der Waals surface area contributed by atoms with E-state index in [0.29, 0.717) is 0 Å². The zero-order valence-corrected chi connectivity index (χ0v) is 7.79. The van der Waals surface area contributed by atoms with Crippen molar-refractivity contribution in [2.24, 2.45) is 0 Å². The summed E-state index contributed by atoms with van der Waals surface area (Å²) in [6, 6.07) is 0. The van der Waals surface area contributed by atoms with E-state index in [1.54, 1.807) is 14.0 Å². The Morgan fingerprint density at radius 2 is 2.00 bits per heavy atom. The minimum absolute atomic E-state index is 0.0392. The maximum Gasteiger partial charge on any atom is 0.188 e. The summed E-state index contributed by atoms with van der Waals surface area (Å²) < 4.78 is 15.3. The molecule has 4 heteroatoms. The van der Waals surface area contributed by atoms with Crippen molar-refractivity contribution in [3.8, 4) is 0 Å². The number of methoxy groups -OCH3 is 2. The van der Waals surface area contributed by atoms with Gasteiger partial charge in [-0.1, -0.05) is 0 Å². The first kappa shape index (κ1) is 9.64. The van der Waals surface area contributed by atoms with Gasteiger partial charge in [-0.05, 0) is 13.8 Å². The van der Waals surface area contributed by atoms with Gasteiger partial charge >= 0.3 is 0 Å². The zero-order chi connectivity index (χ0) is 9.35. The summed E-state index contributed by atoms with van der Waals surface area (Å²) >= 11 is 0. The molecule has 0 N–H and O–H groups in total. The second kappa shape index (κ2) is 3.12. The average Bonchev–Trinajstić information content (AvgIpc) is 1.99. The van der Waals surface area contributed by atoms with Crippen LogP contribution in [-0.4, -0.2) is 38.0 Å². The van der Waals surface area contributed by atoms with Crippen LogP contribution in [0.2, 0.25) is 0 Å². The second-order valence-electron chi connectivity index (χ2n) is 3.04. The van der Waals surface area contributed by atoms with Crippen molar-refractivity contribution in [2.45, 2.75) is 31.8 Å². The first-order valence-corrected chi connectivity index (χ1v) is 3.80. The number of hydrogen-bond acceptors (Lipinski definition) is 4. The molecule has 3 atom stereocenters. The van der Waals surface area contributed by atoms with E-state index >= 15 is 0 Å². The molecule has 70 valence electrons. The topological polar surface area (TPSA) is 44.8 Å². The highest BCUT2D eigenvalue weighted by Gasteiger charge is 2.56. The minimum Gasteiger partial charge on any atom is -0.373 e. The molecule has 0 aromatic heterocycles. The summed E-state index contributed by atoms with van der Waals surface area (Å²) in [5, 5.41) is 0. The van der Waals surface area contributed by atoms with Crippen molar-refractivity contribution in [2.75, 3.05) is 14.2 Å². The maximum atomic E-state index is 11.1. The average molecular weight is 174 g/mol. The molecule has 1 heterocycles. The molecule has 1 saturated heterocycles. The minimum atomic E-state index is -0.824. The summed E-state index contributed by atoms with van der Waals surface area (Å²) in [5.41, 5.74) is -0.824. The van der Waals surface area contributed by atoms with Crippen molar-refractivity contribution in [1.29, 1.82) is 0 Å². The summed E-state index contributed by atoms with van der Waals surface area (Å²) in [4.78, 5) is 11.1. The third kappa shape index (κ3) is 1.16. The number of rotatable bonds is 3. The quantitative estimate of drug-likeness (QED) is 0.619. The lowest BCUT2D eigenvalue weighted by Crippen LogP contribution is -2.67. The molecule has 0 saturated carbocycles. The highest BCUT2D eigenvalue weighted by atomic mass is 16.7. The highest BCUT2D eigenvalue weighted by molar-refractivity contribution is 5.86. The molecule has 0 aliphatic carbocycles. The Kier molecular flexibility index (Phi) is 2.51. The molecule has 1 aliphatic heterocycles. The van der Waals surface area contributed by atoms with Gasteiger partial charge in [-0.3, -0.25) is 4.79 Å². The van der Waals surface area contributed by atoms with E-state index < -0.39 is 11.9 Å². The number of ether oxygens (including phenoxy) is 3. The summed E-state index contributed by atoms with van der Waals surface area (Å²) in [7, 11) is 3.07. The van der Waals surface area contributed by atoms with Crippen molar-refractivity contribution in [3.05, 3.63) is 0 Å². The zero-order valence-electron chi connectivity index (χ0n) is 7.79. The van der Waals surface area contributed by atoms with Crippen LogP contribution in [0.1, 0.15) is 13.8 Å². The van der Waals surface area contributed by atoms with E-state index in [-0.39, 0.29) is 11.9 Å². The van der Waals surface area contributed by atoms with Gasteiger partial charge in [-0.25, -0.2) is 0 Å². The van der Waals surface area contributed by atoms with Crippen LogP contribution in [0.3, 0.4) is 0 Å². The van der Waals surface area contributed by atoms with E-state index in [9.17, 15) is 4.79 Å². The fraction of sp³-hybridized carbons (Fsp3) is 0.875. The molecule has 1 unspecified atom stereocenters. The molecule has 1 aliphatic rings. The van der Waals surface area contributed by atoms with Crippen LogP contribution >= 0.6 is 0 Å². The van der Waals surface area contributed by atoms with Gasteiger partial charge in [0.25, 0.3) is 0 Å². The van der Waals surface area contributed by atoms with Crippen LogP contribution < -0.4 is 0 Å². The first-order chi connectivity index (χ1) is 5.56. The van der Waals surface area contributed by atoms with Gasteiger partial charge < -0.3 is 14.2 Å². The SMILES string of the molecule is CO[C@H]1OC(C)(C(C)=O)[C@@H]1OC. The Bertz CT molecular complexity index is 191. The van der Waals surface area contributed by atoms with Crippen molar-refractivity contribution in [1.82, 2.24) is 0 Å². The van der Waals surface area contributed by atoms with E-state index in [1.807, 2.05) is 0 Å². The molecule has 4 nitrogen and oxygen atoms in total. The fourth-order valence-corrected chi connectivity index (χ4v) is 1.35. The smallest absolute Gasteiger partial charge is 0.188 e. The molecular weight excluding hydrogens is 160 g/mol. The lowest BCUT2D eigenvalue weighted by molar-refractivity contribution is -0.349. The number of carbonyl (C=O) groups is 1. The van der Waals surface area contributed by atoms with Gasteiger partial charge in [0, 0.05) is 14.2 Å². The van der Waals surface area contributed by atoms with Gasteiger partial charge in [0.05, 0.1) is 0 Å². The summed E-state index contributed by atoms with van der Waals surface area (Å²) in [6.07, 6.45) is -0.705. The highest BCUT2D eigenvalue weighted by Crippen LogP contribution is 2.35. The molecular formula is C8H14O4. The molecule has 0 amide bonds. The number of Topliss-reactive ketones (excluding diaryl/α,β-unsaturated/α-hetero) is 1. The van der Waals surface area contributed by atoms with Gasteiger partial charge in [-0.15, -0.1) is 0 Å². The van der Waals surface area contributed by atoms with Crippen molar-refractivity contribution >= 4 is 5.78 Å². The van der Waals surface area contributed by atoms with Gasteiger partial charge in [-0.2, -0.15) is 0 Å². The molecule has 0 bridgehead atoms. The third-order valence-electron chi connectivity index (χ3n) is 2.34. The van der Waals surface area contributed by atoms with E-state index in [1.165, 1.54) is 14.0 Å². The van der Waals surface area contributed by atoms with Crippen LogP contribution in [-0.2, 0) is 19.0 Å². The second-order valence-corrected chi connectivity index (χ2v) is 3.04. The lowest BCUT2D eigenvalue weighted by Gasteiger charge is -2.49. The number of ketones is 1. The first-order valence-electron chi connectivity index (χ1n) is 3.80.